The number of carbonyl (C=O) groups excluding carboxylic acids is 1. The van der Waals surface area contributed by atoms with Crippen molar-refractivity contribution < 1.29 is 4.79 Å². The number of amides is 1. The van der Waals surface area contributed by atoms with Gasteiger partial charge in [-0.05, 0) is 18.2 Å². The van der Waals surface area contributed by atoms with Gasteiger partial charge >= 0.3 is 0 Å². The topological polar surface area (TPSA) is 81.6 Å². The quantitative estimate of drug-likeness (QED) is 0.825. The van der Waals surface area contributed by atoms with Crippen molar-refractivity contribution in [3.8, 4) is 6.07 Å². The van der Waals surface area contributed by atoms with E-state index >= 15 is 0 Å². The second kappa shape index (κ2) is 4.94. The Bertz CT molecular complexity index is 554. The fourth-order valence-electron chi connectivity index (χ4n) is 1.39. The maximum Gasteiger partial charge on any atom is 0.251 e. The van der Waals surface area contributed by atoms with E-state index in [1.165, 1.54) is 0 Å². The zero-order valence-electron chi connectivity index (χ0n) is 8.97. The van der Waals surface area contributed by atoms with E-state index in [4.69, 9.17) is 5.26 Å². The van der Waals surface area contributed by atoms with Crippen LogP contribution in [0.1, 0.15) is 21.5 Å². The molecule has 0 aliphatic carbocycles. The monoisotopic (exact) mass is 226 g/mol. The van der Waals surface area contributed by atoms with Crippen LogP contribution in [0.2, 0.25) is 0 Å². The largest absolute Gasteiger partial charge is 0.348 e. The van der Waals surface area contributed by atoms with E-state index in [0.29, 0.717) is 17.7 Å². The molecule has 1 aromatic carbocycles. The van der Waals surface area contributed by atoms with Crippen LogP contribution >= 0.6 is 0 Å². The second-order valence-electron chi connectivity index (χ2n) is 3.48. The van der Waals surface area contributed by atoms with Gasteiger partial charge in [-0.3, -0.25) is 9.89 Å². The van der Waals surface area contributed by atoms with Crippen molar-refractivity contribution >= 4 is 5.91 Å². The van der Waals surface area contributed by atoms with Crippen molar-refractivity contribution in [2.75, 3.05) is 0 Å². The van der Waals surface area contributed by atoms with Crippen molar-refractivity contribution in [1.29, 1.82) is 5.26 Å². The van der Waals surface area contributed by atoms with Gasteiger partial charge in [-0.2, -0.15) is 10.4 Å². The maximum atomic E-state index is 11.8. The lowest BCUT2D eigenvalue weighted by Crippen LogP contribution is -2.22. The molecule has 0 saturated heterocycles. The Kier molecular flexibility index (Phi) is 3.17. The molecule has 5 nitrogen and oxygen atoms in total. The molecule has 2 aromatic rings. The van der Waals surface area contributed by atoms with E-state index in [2.05, 4.69) is 15.5 Å². The first-order chi connectivity index (χ1) is 8.29. The van der Waals surface area contributed by atoms with Gasteiger partial charge in [0, 0.05) is 23.9 Å². The molecule has 17 heavy (non-hydrogen) atoms. The highest BCUT2D eigenvalue weighted by molar-refractivity contribution is 5.94. The molecule has 2 N–H and O–H groups in total. The highest BCUT2D eigenvalue weighted by atomic mass is 16.1. The number of carbonyl (C=O) groups is 1. The molecule has 0 bridgehead atoms. The van der Waals surface area contributed by atoms with Crippen LogP contribution < -0.4 is 5.32 Å². The van der Waals surface area contributed by atoms with Crippen LogP contribution in [0.4, 0.5) is 0 Å². The van der Waals surface area contributed by atoms with Crippen LogP contribution in [0.3, 0.4) is 0 Å². The van der Waals surface area contributed by atoms with Gasteiger partial charge in [0.1, 0.15) is 0 Å². The Labute approximate surface area is 98.1 Å². The summed E-state index contributed by atoms with van der Waals surface area (Å²) in [6.45, 7) is 0.409. The van der Waals surface area contributed by atoms with Crippen LogP contribution in [-0.2, 0) is 6.54 Å². The molecular weight excluding hydrogens is 216 g/mol. The predicted molar refractivity (Wildman–Crippen MR) is 60.9 cm³/mol. The molecule has 2 rings (SSSR count). The van der Waals surface area contributed by atoms with Crippen LogP contribution in [0, 0.1) is 11.3 Å². The lowest BCUT2D eigenvalue weighted by atomic mass is 10.1. The molecule has 1 aromatic heterocycles. The summed E-state index contributed by atoms with van der Waals surface area (Å²) in [6, 6.07) is 8.57. The van der Waals surface area contributed by atoms with Crippen molar-refractivity contribution in [3.63, 3.8) is 0 Å². The minimum absolute atomic E-state index is 0.205. The molecule has 0 fully saturated rings. The maximum absolute atomic E-state index is 11.8. The minimum Gasteiger partial charge on any atom is -0.348 e. The molecule has 0 radical (unpaired) electrons. The van der Waals surface area contributed by atoms with Gasteiger partial charge in [0.05, 0.1) is 17.8 Å². The summed E-state index contributed by atoms with van der Waals surface area (Å²) >= 11 is 0. The van der Waals surface area contributed by atoms with Gasteiger partial charge in [0.25, 0.3) is 5.91 Å². The predicted octanol–water partition coefficient (Wildman–Crippen LogP) is 1.21. The third-order valence-corrected chi connectivity index (χ3v) is 2.26. The summed E-state index contributed by atoms with van der Waals surface area (Å²) < 4.78 is 0. The van der Waals surface area contributed by atoms with E-state index in [9.17, 15) is 4.79 Å². The smallest absolute Gasteiger partial charge is 0.251 e. The Hall–Kier alpha value is -2.61. The standard InChI is InChI=1S/C12H10N4O/c13-5-9-2-1-3-11(4-9)12(17)14-6-10-7-15-16-8-10/h1-4,7-8H,6H2,(H,14,17)(H,15,16). The Balaban J connectivity index is 2.02. The molecule has 0 aliphatic heterocycles. The molecule has 5 heteroatoms. The number of hydrogen-bond donors (Lipinski definition) is 2. The summed E-state index contributed by atoms with van der Waals surface area (Å²) in [5.74, 6) is -0.205. The zero-order valence-corrected chi connectivity index (χ0v) is 8.97. The SMILES string of the molecule is N#Cc1cccc(C(=O)NCc2cn[nH]c2)c1. The Morgan fingerprint density at radius 1 is 1.53 bits per heavy atom. The summed E-state index contributed by atoms with van der Waals surface area (Å²) in [6.07, 6.45) is 3.36. The van der Waals surface area contributed by atoms with Gasteiger partial charge in [-0.25, -0.2) is 0 Å². The number of H-pyrrole nitrogens is 1. The zero-order chi connectivity index (χ0) is 12.1. The number of nitrogens with one attached hydrogen (secondary N) is 2. The van der Waals surface area contributed by atoms with Crippen molar-refractivity contribution in [1.82, 2.24) is 15.5 Å². The molecule has 0 atom stereocenters. The lowest BCUT2D eigenvalue weighted by molar-refractivity contribution is 0.0951. The van der Waals surface area contributed by atoms with Crippen molar-refractivity contribution in [2.45, 2.75) is 6.54 Å². The van der Waals surface area contributed by atoms with Gasteiger partial charge in [0.2, 0.25) is 0 Å². The van der Waals surface area contributed by atoms with Gasteiger partial charge < -0.3 is 5.32 Å². The minimum atomic E-state index is -0.205. The molecular formula is C12H10N4O. The van der Waals surface area contributed by atoms with E-state index in [-0.39, 0.29) is 5.91 Å². The number of aromatic nitrogens is 2. The van der Waals surface area contributed by atoms with Gasteiger partial charge in [-0.1, -0.05) is 6.07 Å². The number of nitrogens with zero attached hydrogens (tertiary/aromatic N) is 2. The third kappa shape index (κ3) is 2.69. The molecule has 0 spiro atoms. The number of rotatable bonds is 3. The fourth-order valence-corrected chi connectivity index (χ4v) is 1.39. The van der Waals surface area contributed by atoms with Crippen LogP contribution in [0.5, 0.6) is 0 Å². The van der Waals surface area contributed by atoms with E-state index in [1.807, 2.05) is 6.07 Å². The number of benzene rings is 1. The first-order valence-corrected chi connectivity index (χ1v) is 5.05. The lowest BCUT2D eigenvalue weighted by Gasteiger charge is -2.03. The number of aromatic amines is 1. The number of hydrogen-bond acceptors (Lipinski definition) is 3. The Morgan fingerprint density at radius 3 is 3.12 bits per heavy atom. The van der Waals surface area contributed by atoms with E-state index < -0.39 is 0 Å². The molecule has 0 unspecified atom stereocenters. The van der Waals surface area contributed by atoms with Crippen LogP contribution in [-0.4, -0.2) is 16.1 Å². The van der Waals surface area contributed by atoms with Crippen LogP contribution in [0.15, 0.2) is 36.7 Å². The molecule has 0 saturated carbocycles. The highest BCUT2D eigenvalue weighted by Gasteiger charge is 2.05. The second-order valence-corrected chi connectivity index (χ2v) is 3.48. The highest BCUT2D eigenvalue weighted by Crippen LogP contribution is 2.04. The first-order valence-electron chi connectivity index (χ1n) is 5.05. The molecule has 84 valence electrons. The third-order valence-electron chi connectivity index (χ3n) is 2.26. The normalized spacial score (nSPS) is 9.59. The van der Waals surface area contributed by atoms with Gasteiger partial charge in [-0.15, -0.1) is 0 Å². The summed E-state index contributed by atoms with van der Waals surface area (Å²) in [7, 11) is 0. The molecule has 0 aliphatic rings. The molecule has 1 amide bonds. The van der Waals surface area contributed by atoms with Crippen LogP contribution in [0.25, 0.3) is 0 Å². The van der Waals surface area contributed by atoms with E-state index in [0.717, 1.165) is 5.56 Å². The summed E-state index contributed by atoms with van der Waals surface area (Å²) in [5.41, 5.74) is 1.85. The summed E-state index contributed by atoms with van der Waals surface area (Å²) in [4.78, 5) is 11.8. The van der Waals surface area contributed by atoms with Crippen molar-refractivity contribution in [2.24, 2.45) is 0 Å². The Morgan fingerprint density at radius 2 is 2.41 bits per heavy atom. The number of nitriles is 1. The van der Waals surface area contributed by atoms with Gasteiger partial charge in [0.15, 0.2) is 0 Å². The average molecular weight is 226 g/mol. The fraction of sp³-hybridized carbons (Fsp3) is 0.0833. The average Bonchev–Trinajstić information content (AvgIpc) is 2.89. The summed E-state index contributed by atoms with van der Waals surface area (Å²) in [5, 5.41) is 17.9. The first kappa shape index (κ1) is 10.9. The van der Waals surface area contributed by atoms with E-state index in [1.54, 1.807) is 36.7 Å². The van der Waals surface area contributed by atoms with Crippen molar-refractivity contribution in [3.05, 3.63) is 53.3 Å². The molecule has 1 heterocycles.